The number of pyridine rings is 1. The van der Waals surface area contributed by atoms with Gasteiger partial charge in [0.25, 0.3) is 0 Å². The Morgan fingerprint density at radius 2 is 2.04 bits per heavy atom. The predicted octanol–water partition coefficient (Wildman–Crippen LogP) is 2.15. The average Bonchev–Trinajstić information content (AvgIpc) is 3.04. The van der Waals surface area contributed by atoms with Crippen LogP contribution < -0.4 is 4.90 Å². The van der Waals surface area contributed by atoms with Gasteiger partial charge in [0.05, 0.1) is 24.5 Å². The largest absolute Gasteiger partial charge is 0.378 e. The van der Waals surface area contributed by atoms with Gasteiger partial charge in [-0.2, -0.15) is 5.10 Å². The van der Waals surface area contributed by atoms with Crippen LogP contribution in [0.25, 0.3) is 22.2 Å². The molecule has 1 N–H and O–H groups in total. The van der Waals surface area contributed by atoms with Gasteiger partial charge in [0.15, 0.2) is 9.84 Å². The number of nitrogens with zero attached hydrogens (tertiary/aromatic N) is 3. The Bertz CT molecular complexity index is 1090. The van der Waals surface area contributed by atoms with Crippen LogP contribution in [0.15, 0.2) is 30.5 Å². The van der Waals surface area contributed by atoms with E-state index in [1.165, 1.54) is 6.07 Å². The third kappa shape index (κ3) is 3.79. The Morgan fingerprint density at radius 1 is 1.26 bits per heavy atom. The van der Waals surface area contributed by atoms with E-state index in [1.807, 2.05) is 12.1 Å². The summed E-state index contributed by atoms with van der Waals surface area (Å²) in [5.74, 6) is -0.0910. The van der Waals surface area contributed by atoms with Crippen molar-refractivity contribution in [2.24, 2.45) is 0 Å². The van der Waals surface area contributed by atoms with E-state index in [4.69, 9.17) is 4.74 Å². The van der Waals surface area contributed by atoms with Crippen LogP contribution in [0.2, 0.25) is 0 Å². The molecule has 7 nitrogen and oxygen atoms in total. The fourth-order valence-electron chi connectivity index (χ4n) is 3.23. The highest BCUT2D eigenvalue weighted by molar-refractivity contribution is 7.89. The molecule has 0 unspecified atom stereocenters. The molecule has 0 saturated carbocycles. The maximum atomic E-state index is 14.2. The van der Waals surface area contributed by atoms with E-state index in [0.29, 0.717) is 29.8 Å². The average molecular weight is 390 g/mol. The summed E-state index contributed by atoms with van der Waals surface area (Å²) in [7, 11) is -3.35. The minimum Gasteiger partial charge on any atom is -0.378 e. The molecule has 1 aliphatic rings. The monoisotopic (exact) mass is 390 g/mol. The summed E-state index contributed by atoms with van der Waals surface area (Å²) in [6.45, 7) is 2.85. The number of nitrogens with one attached hydrogen (secondary N) is 1. The first-order chi connectivity index (χ1) is 12.9. The third-order valence-corrected chi connectivity index (χ3v) is 5.34. The first-order valence-corrected chi connectivity index (χ1v) is 10.6. The molecule has 1 fully saturated rings. The lowest BCUT2D eigenvalue weighted by molar-refractivity contribution is 0.122. The second-order valence-corrected chi connectivity index (χ2v) is 8.77. The van der Waals surface area contributed by atoms with Gasteiger partial charge in [-0.3, -0.25) is 5.10 Å². The van der Waals surface area contributed by atoms with Gasteiger partial charge in [0.1, 0.15) is 17.3 Å². The minimum atomic E-state index is -3.35. The van der Waals surface area contributed by atoms with Crippen molar-refractivity contribution in [1.82, 2.24) is 15.2 Å². The maximum absolute atomic E-state index is 14.2. The van der Waals surface area contributed by atoms with Crippen molar-refractivity contribution in [1.29, 1.82) is 0 Å². The topological polar surface area (TPSA) is 88.2 Å². The number of H-pyrrole nitrogens is 1. The summed E-state index contributed by atoms with van der Waals surface area (Å²) >= 11 is 0. The summed E-state index contributed by atoms with van der Waals surface area (Å²) in [5, 5.41) is 7.82. The van der Waals surface area contributed by atoms with E-state index in [1.54, 1.807) is 12.3 Å². The number of rotatable bonds is 4. The molecule has 142 valence electrons. The van der Waals surface area contributed by atoms with Crippen LogP contribution >= 0.6 is 0 Å². The number of anilines is 1. The highest BCUT2D eigenvalue weighted by atomic mass is 32.2. The molecule has 3 aromatic rings. The lowest BCUT2D eigenvalue weighted by Gasteiger charge is -2.27. The summed E-state index contributed by atoms with van der Waals surface area (Å²) in [4.78, 5) is 6.56. The molecule has 0 bridgehead atoms. The molecule has 0 spiro atoms. The van der Waals surface area contributed by atoms with Gasteiger partial charge >= 0.3 is 0 Å². The lowest BCUT2D eigenvalue weighted by Crippen LogP contribution is -2.36. The number of ether oxygens (including phenoxy) is 1. The molecule has 0 atom stereocenters. The lowest BCUT2D eigenvalue weighted by atomic mass is 10.1. The van der Waals surface area contributed by atoms with E-state index in [2.05, 4.69) is 20.1 Å². The van der Waals surface area contributed by atoms with Crippen LogP contribution in [-0.2, 0) is 20.3 Å². The Hall–Kier alpha value is -2.52. The molecule has 1 aromatic carbocycles. The number of fused-ring (bicyclic) bond motifs is 1. The molecule has 2 aromatic heterocycles. The van der Waals surface area contributed by atoms with Crippen LogP contribution in [0, 0.1) is 5.82 Å². The first-order valence-electron chi connectivity index (χ1n) is 8.54. The van der Waals surface area contributed by atoms with Crippen LogP contribution in [0.3, 0.4) is 0 Å². The summed E-state index contributed by atoms with van der Waals surface area (Å²) in [5.41, 5.74) is 2.12. The number of hydrogen-bond donors (Lipinski definition) is 1. The Labute approximate surface area is 156 Å². The van der Waals surface area contributed by atoms with Crippen LogP contribution in [0.4, 0.5) is 10.2 Å². The smallest absolute Gasteiger partial charge is 0.151 e. The highest BCUT2D eigenvalue weighted by Crippen LogP contribution is 2.30. The minimum absolute atomic E-state index is 0.134. The highest BCUT2D eigenvalue weighted by Gasteiger charge is 2.17. The van der Waals surface area contributed by atoms with Crippen LogP contribution in [0.1, 0.15) is 5.56 Å². The van der Waals surface area contributed by atoms with Gasteiger partial charge in [-0.25, -0.2) is 17.8 Å². The predicted molar refractivity (Wildman–Crippen MR) is 101 cm³/mol. The Morgan fingerprint density at radius 3 is 2.78 bits per heavy atom. The third-order valence-electron chi connectivity index (χ3n) is 4.50. The van der Waals surface area contributed by atoms with E-state index < -0.39 is 15.7 Å². The number of benzene rings is 1. The van der Waals surface area contributed by atoms with Crippen molar-refractivity contribution in [2.75, 3.05) is 37.5 Å². The van der Waals surface area contributed by atoms with Gasteiger partial charge < -0.3 is 9.64 Å². The molecule has 4 rings (SSSR count). The number of sulfone groups is 1. The van der Waals surface area contributed by atoms with Gasteiger partial charge in [0, 0.05) is 42.1 Å². The second kappa shape index (κ2) is 6.90. The number of halogens is 1. The number of hydrogen-bond acceptors (Lipinski definition) is 6. The van der Waals surface area contributed by atoms with Gasteiger partial charge in [-0.15, -0.1) is 0 Å². The fourth-order valence-corrected chi connectivity index (χ4v) is 4.01. The summed E-state index contributed by atoms with van der Waals surface area (Å²) < 4.78 is 42.8. The Kier molecular flexibility index (Phi) is 4.56. The summed E-state index contributed by atoms with van der Waals surface area (Å²) in [6, 6.07) is 6.61. The van der Waals surface area contributed by atoms with Gasteiger partial charge in [0.2, 0.25) is 0 Å². The van der Waals surface area contributed by atoms with Crippen molar-refractivity contribution in [2.45, 2.75) is 5.75 Å². The maximum Gasteiger partial charge on any atom is 0.151 e. The van der Waals surface area contributed by atoms with Gasteiger partial charge in [-0.05, 0) is 24.3 Å². The van der Waals surface area contributed by atoms with Crippen molar-refractivity contribution in [3.8, 4) is 11.3 Å². The van der Waals surface area contributed by atoms with Gasteiger partial charge in [-0.1, -0.05) is 0 Å². The van der Waals surface area contributed by atoms with Crippen LogP contribution in [0.5, 0.6) is 0 Å². The molecule has 3 heterocycles. The molecular weight excluding hydrogens is 371 g/mol. The molecule has 1 saturated heterocycles. The van der Waals surface area contributed by atoms with Crippen molar-refractivity contribution in [3.63, 3.8) is 0 Å². The number of morpholine rings is 1. The van der Waals surface area contributed by atoms with Crippen molar-refractivity contribution < 1.29 is 17.5 Å². The van der Waals surface area contributed by atoms with Crippen LogP contribution in [-0.4, -0.2) is 56.2 Å². The van der Waals surface area contributed by atoms with E-state index in [0.717, 1.165) is 30.7 Å². The molecule has 9 heteroatoms. The zero-order valence-electron chi connectivity index (χ0n) is 14.8. The normalized spacial score (nSPS) is 15.4. The SMILES string of the molecule is CS(=O)(=O)Cc1cc2c(-c3ccnc(N4CCOCC4)c3)n[nH]c2cc1F. The Balaban J connectivity index is 1.76. The second-order valence-electron chi connectivity index (χ2n) is 6.63. The quantitative estimate of drug-likeness (QED) is 0.734. The van der Waals surface area contributed by atoms with Crippen molar-refractivity contribution in [3.05, 3.63) is 41.8 Å². The molecule has 0 radical (unpaired) electrons. The molecule has 0 amide bonds. The number of aromatic amines is 1. The zero-order chi connectivity index (χ0) is 19.0. The van der Waals surface area contributed by atoms with Crippen molar-refractivity contribution >= 4 is 26.6 Å². The fraction of sp³-hybridized carbons (Fsp3) is 0.333. The molecule has 27 heavy (non-hydrogen) atoms. The van der Waals surface area contributed by atoms with E-state index >= 15 is 0 Å². The number of aromatic nitrogens is 3. The zero-order valence-corrected chi connectivity index (χ0v) is 15.6. The standard InChI is InChI=1S/C18H19FN4O3S/c1-27(24,25)11-13-8-14-16(10-15(13)19)21-22-18(14)12-2-3-20-17(9-12)23-4-6-26-7-5-23/h2-3,8-10H,4-7,11H2,1H3,(H,21,22). The first kappa shape index (κ1) is 17.9. The molecule has 0 aliphatic carbocycles. The van der Waals surface area contributed by atoms with E-state index in [-0.39, 0.29) is 11.3 Å². The summed E-state index contributed by atoms with van der Waals surface area (Å²) in [6.07, 6.45) is 2.80. The van der Waals surface area contributed by atoms with E-state index in [9.17, 15) is 12.8 Å². The molecule has 1 aliphatic heterocycles. The molecular formula is C18H19FN4O3S.